The van der Waals surface area contributed by atoms with E-state index in [1.54, 1.807) is 0 Å². The van der Waals surface area contributed by atoms with Crippen molar-refractivity contribution in [3.8, 4) is 0 Å². The number of ether oxygens (including phenoxy) is 1. The number of carbonyl (C=O) groups excluding carboxylic acids is 2. The van der Waals surface area contributed by atoms with Gasteiger partial charge in [0, 0.05) is 56.6 Å². The molecule has 33 heavy (non-hydrogen) atoms. The van der Waals surface area contributed by atoms with E-state index in [9.17, 15) is 9.59 Å². The second-order valence-electron chi connectivity index (χ2n) is 9.55. The minimum absolute atomic E-state index is 0.0166. The highest BCUT2D eigenvalue weighted by molar-refractivity contribution is 5.94. The van der Waals surface area contributed by atoms with Crippen LogP contribution in [0.2, 0.25) is 0 Å². The van der Waals surface area contributed by atoms with Gasteiger partial charge in [0.25, 0.3) is 5.91 Å². The molecule has 0 bridgehead atoms. The maximum atomic E-state index is 12.9. The van der Waals surface area contributed by atoms with Crippen molar-refractivity contribution >= 4 is 17.6 Å². The molecular weight excluding hydrogens is 416 g/mol. The van der Waals surface area contributed by atoms with Gasteiger partial charge >= 0.3 is 5.97 Å². The average molecular weight is 457 g/mol. The molecule has 7 nitrogen and oxygen atoms in total. The standard InChI is InChI=1S/C26H40N4O3/c1-3-27-17-19-30(20-18-27)25(31)21-5-7-23(8-6-21)29-15-11-24(12-16-29)28-13-9-22(10-14-28)26(32)33-4-2/h5-8,22,24H,3-4,9-20H2,1-2H3. The maximum Gasteiger partial charge on any atom is 0.309 e. The van der Waals surface area contributed by atoms with Crippen molar-refractivity contribution in [3.63, 3.8) is 0 Å². The van der Waals surface area contributed by atoms with Crippen LogP contribution in [0.1, 0.15) is 49.9 Å². The molecule has 3 saturated heterocycles. The van der Waals surface area contributed by atoms with Gasteiger partial charge in [0.2, 0.25) is 0 Å². The molecule has 1 aromatic carbocycles. The van der Waals surface area contributed by atoms with E-state index in [-0.39, 0.29) is 17.8 Å². The predicted molar refractivity (Wildman–Crippen MR) is 131 cm³/mol. The largest absolute Gasteiger partial charge is 0.466 e. The van der Waals surface area contributed by atoms with Gasteiger partial charge in [0.15, 0.2) is 0 Å². The van der Waals surface area contributed by atoms with E-state index >= 15 is 0 Å². The number of hydrogen-bond donors (Lipinski definition) is 0. The highest BCUT2D eigenvalue weighted by Gasteiger charge is 2.31. The Balaban J connectivity index is 1.23. The van der Waals surface area contributed by atoms with Crippen molar-refractivity contribution < 1.29 is 14.3 Å². The van der Waals surface area contributed by atoms with Crippen LogP contribution in [0.15, 0.2) is 24.3 Å². The summed E-state index contributed by atoms with van der Waals surface area (Å²) in [7, 11) is 0. The van der Waals surface area contributed by atoms with Crippen LogP contribution < -0.4 is 4.90 Å². The molecular formula is C26H40N4O3. The predicted octanol–water partition coefficient (Wildman–Crippen LogP) is 2.71. The Morgan fingerprint density at radius 3 is 2.06 bits per heavy atom. The number of hydrogen-bond acceptors (Lipinski definition) is 6. The summed E-state index contributed by atoms with van der Waals surface area (Å²) >= 11 is 0. The Morgan fingerprint density at radius 2 is 1.48 bits per heavy atom. The number of benzene rings is 1. The number of nitrogens with zero attached hydrogens (tertiary/aromatic N) is 4. The lowest BCUT2D eigenvalue weighted by Gasteiger charge is -2.42. The van der Waals surface area contributed by atoms with Crippen molar-refractivity contribution in [3.05, 3.63) is 29.8 Å². The first-order valence-electron chi connectivity index (χ1n) is 12.9. The zero-order valence-electron chi connectivity index (χ0n) is 20.4. The SMILES string of the molecule is CCOC(=O)C1CCN(C2CCN(c3ccc(C(=O)N4CCN(CC)CC4)cc3)CC2)CC1. The molecule has 0 saturated carbocycles. The molecule has 0 aliphatic carbocycles. The van der Waals surface area contributed by atoms with Crippen LogP contribution in [-0.4, -0.2) is 98.1 Å². The number of likely N-dealkylation sites (tertiary alicyclic amines) is 1. The fourth-order valence-electron chi connectivity index (χ4n) is 5.51. The van der Waals surface area contributed by atoms with Gasteiger partial charge in [-0.2, -0.15) is 0 Å². The topological polar surface area (TPSA) is 56.3 Å². The molecule has 1 aromatic rings. The fraction of sp³-hybridized carbons (Fsp3) is 0.692. The van der Waals surface area contributed by atoms with Crippen molar-refractivity contribution in [2.24, 2.45) is 5.92 Å². The fourth-order valence-corrected chi connectivity index (χ4v) is 5.51. The molecule has 4 rings (SSSR count). The summed E-state index contributed by atoms with van der Waals surface area (Å²) in [5.41, 5.74) is 2.00. The van der Waals surface area contributed by atoms with E-state index in [0.717, 1.165) is 90.1 Å². The number of carbonyl (C=O) groups is 2. The summed E-state index contributed by atoms with van der Waals surface area (Å²) in [6.07, 6.45) is 4.13. The summed E-state index contributed by atoms with van der Waals surface area (Å²) < 4.78 is 5.20. The van der Waals surface area contributed by atoms with Crippen LogP contribution in [0.25, 0.3) is 0 Å². The second kappa shape index (κ2) is 11.3. The third-order valence-electron chi connectivity index (χ3n) is 7.72. The summed E-state index contributed by atoms with van der Waals surface area (Å²) in [4.78, 5) is 34.2. The van der Waals surface area contributed by atoms with Crippen LogP contribution in [0.3, 0.4) is 0 Å². The molecule has 0 aromatic heterocycles. The van der Waals surface area contributed by atoms with Crippen molar-refractivity contribution in [1.82, 2.24) is 14.7 Å². The maximum absolute atomic E-state index is 12.9. The second-order valence-corrected chi connectivity index (χ2v) is 9.55. The van der Waals surface area contributed by atoms with Crippen LogP contribution in [0.4, 0.5) is 5.69 Å². The normalized spacial score (nSPS) is 21.9. The zero-order valence-corrected chi connectivity index (χ0v) is 20.4. The number of esters is 1. The Morgan fingerprint density at radius 1 is 0.848 bits per heavy atom. The van der Waals surface area contributed by atoms with Gasteiger partial charge in [-0.05, 0) is 76.5 Å². The van der Waals surface area contributed by atoms with Crippen molar-refractivity contribution in [2.45, 2.75) is 45.6 Å². The van der Waals surface area contributed by atoms with Gasteiger partial charge in [0.1, 0.15) is 0 Å². The first kappa shape index (κ1) is 24.0. The molecule has 0 atom stereocenters. The Kier molecular flexibility index (Phi) is 8.25. The van der Waals surface area contributed by atoms with E-state index in [2.05, 4.69) is 33.8 Å². The highest BCUT2D eigenvalue weighted by Crippen LogP contribution is 2.27. The van der Waals surface area contributed by atoms with Gasteiger partial charge in [-0.3, -0.25) is 9.59 Å². The van der Waals surface area contributed by atoms with E-state index in [1.807, 2.05) is 24.0 Å². The molecule has 3 fully saturated rings. The molecule has 0 radical (unpaired) electrons. The van der Waals surface area contributed by atoms with Crippen LogP contribution in [-0.2, 0) is 9.53 Å². The molecule has 1 amide bonds. The Bertz CT molecular complexity index is 775. The summed E-state index contributed by atoms with van der Waals surface area (Å²) in [5, 5.41) is 0. The smallest absolute Gasteiger partial charge is 0.309 e. The molecule has 0 unspecified atom stereocenters. The molecule has 3 heterocycles. The lowest BCUT2D eigenvalue weighted by Crippen LogP contribution is -2.48. The molecule has 182 valence electrons. The first-order chi connectivity index (χ1) is 16.1. The van der Waals surface area contributed by atoms with E-state index in [0.29, 0.717) is 12.6 Å². The van der Waals surface area contributed by atoms with Gasteiger partial charge in [-0.15, -0.1) is 0 Å². The van der Waals surface area contributed by atoms with Gasteiger partial charge in [0.05, 0.1) is 12.5 Å². The van der Waals surface area contributed by atoms with E-state index in [1.165, 1.54) is 5.69 Å². The minimum atomic E-state index is -0.0166. The minimum Gasteiger partial charge on any atom is -0.466 e. The van der Waals surface area contributed by atoms with Gasteiger partial charge < -0.3 is 24.3 Å². The van der Waals surface area contributed by atoms with E-state index < -0.39 is 0 Å². The van der Waals surface area contributed by atoms with Crippen molar-refractivity contribution in [2.75, 3.05) is 70.4 Å². The van der Waals surface area contributed by atoms with Crippen LogP contribution in [0, 0.1) is 5.92 Å². The monoisotopic (exact) mass is 456 g/mol. The third-order valence-corrected chi connectivity index (χ3v) is 7.72. The van der Waals surface area contributed by atoms with Gasteiger partial charge in [-0.25, -0.2) is 0 Å². The lowest BCUT2D eigenvalue weighted by atomic mass is 9.93. The summed E-state index contributed by atoms with van der Waals surface area (Å²) in [5.74, 6) is 0.220. The Labute approximate surface area is 198 Å². The summed E-state index contributed by atoms with van der Waals surface area (Å²) in [6, 6.07) is 8.82. The number of piperidine rings is 2. The van der Waals surface area contributed by atoms with Crippen LogP contribution >= 0.6 is 0 Å². The molecule has 3 aliphatic rings. The number of anilines is 1. The first-order valence-corrected chi connectivity index (χ1v) is 12.9. The zero-order chi connectivity index (χ0) is 23.2. The number of rotatable bonds is 6. The molecule has 3 aliphatic heterocycles. The van der Waals surface area contributed by atoms with Crippen LogP contribution in [0.5, 0.6) is 0 Å². The van der Waals surface area contributed by atoms with Gasteiger partial charge in [-0.1, -0.05) is 6.92 Å². The Hall–Kier alpha value is -2.12. The molecule has 7 heteroatoms. The average Bonchev–Trinajstić information content (AvgIpc) is 2.89. The quantitative estimate of drug-likeness (QED) is 0.614. The lowest BCUT2D eigenvalue weighted by molar-refractivity contribution is -0.149. The number of amides is 1. The molecule has 0 spiro atoms. The third kappa shape index (κ3) is 5.87. The van der Waals surface area contributed by atoms with Crippen molar-refractivity contribution in [1.29, 1.82) is 0 Å². The van der Waals surface area contributed by atoms with E-state index in [4.69, 9.17) is 4.74 Å². The summed E-state index contributed by atoms with van der Waals surface area (Å²) in [6.45, 7) is 13.2. The highest BCUT2D eigenvalue weighted by atomic mass is 16.5. The number of piperazine rings is 1. The number of likely N-dealkylation sites (N-methyl/N-ethyl adjacent to an activating group) is 1. The molecule has 0 N–H and O–H groups in total.